The molecule has 0 fully saturated rings. The molecule has 3 aromatic carbocycles. The van der Waals surface area contributed by atoms with Crippen LogP contribution in [0.5, 0.6) is 5.75 Å². The molecule has 7 heteroatoms. The summed E-state index contributed by atoms with van der Waals surface area (Å²) >= 11 is 0. The fourth-order valence-corrected chi connectivity index (χ4v) is 5.67. The highest BCUT2D eigenvalue weighted by Gasteiger charge is 2.26. The summed E-state index contributed by atoms with van der Waals surface area (Å²) in [6, 6.07) is 20.8. The second kappa shape index (κ2) is 15.4. The van der Waals surface area contributed by atoms with Gasteiger partial charge in [-0.15, -0.1) is 0 Å². The molecule has 0 aliphatic heterocycles. The number of aromatic hydroxyl groups is 1. The van der Waals surface area contributed by atoms with E-state index in [4.69, 9.17) is 0 Å². The van der Waals surface area contributed by atoms with E-state index in [-0.39, 0.29) is 29.8 Å². The van der Waals surface area contributed by atoms with Crippen LogP contribution in [0.1, 0.15) is 69.9 Å². The third-order valence-corrected chi connectivity index (χ3v) is 7.99. The van der Waals surface area contributed by atoms with Gasteiger partial charge in [-0.05, 0) is 72.0 Å². The second-order valence-electron chi connectivity index (χ2n) is 11.4. The van der Waals surface area contributed by atoms with E-state index in [1.807, 2.05) is 36.4 Å². The van der Waals surface area contributed by atoms with Crippen molar-refractivity contribution in [2.45, 2.75) is 77.8 Å². The summed E-state index contributed by atoms with van der Waals surface area (Å²) in [6.45, 7) is 5.41. The first-order valence-electron chi connectivity index (χ1n) is 15.5. The minimum Gasteiger partial charge on any atom is -0.508 e. The Morgan fingerprint density at radius 1 is 0.930 bits per heavy atom. The van der Waals surface area contributed by atoms with Crippen molar-refractivity contribution in [3.05, 3.63) is 89.7 Å². The van der Waals surface area contributed by atoms with Gasteiger partial charge in [-0.25, -0.2) is 4.39 Å². The zero-order valence-electron chi connectivity index (χ0n) is 25.6. The molecule has 0 saturated carbocycles. The number of nitrogens with one attached hydrogen (secondary N) is 1. The van der Waals surface area contributed by atoms with Gasteiger partial charge in [-0.2, -0.15) is 0 Å². The molecule has 0 aliphatic rings. The van der Waals surface area contributed by atoms with Crippen molar-refractivity contribution in [3.8, 4) is 17.0 Å². The average molecular weight is 586 g/mol. The molecule has 1 unspecified atom stereocenters. The Morgan fingerprint density at radius 3 is 2.35 bits per heavy atom. The van der Waals surface area contributed by atoms with E-state index < -0.39 is 6.04 Å². The van der Waals surface area contributed by atoms with Gasteiger partial charge in [-0.3, -0.25) is 9.59 Å². The zero-order chi connectivity index (χ0) is 30.8. The lowest BCUT2D eigenvalue weighted by Crippen LogP contribution is -2.48. The number of nitrogens with zero attached hydrogens (tertiary/aromatic N) is 2. The van der Waals surface area contributed by atoms with Crippen LogP contribution in [0, 0.1) is 5.82 Å². The maximum Gasteiger partial charge on any atom is 0.244 e. The third kappa shape index (κ3) is 8.25. The molecule has 2 amide bonds. The summed E-state index contributed by atoms with van der Waals surface area (Å²) in [7, 11) is 1.80. The second-order valence-corrected chi connectivity index (χ2v) is 11.4. The number of fused-ring (bicyclic) bond motifs is 1. The Kier molecular flexibility index (Phi) is 11.4. The highest BCUT2D eigenvalue weighted by molar-refractivity contribution is 5.97. The quantitative estimate of drug-likeness (QED) is 0.142. The Bertz CT molecular complexity index is 1500. The van der Waals surface area contributed by atoms with Crippen molar-refractivity contribution < 1.29 is 19.1 Å². The number of aromatic nitrogens is 1. The van der Waals surface area contributed by atoms with Gasteiger partial charge >= 0.3 is 0 Å². The lowest BCUT2D eigenvalue weighted by atomic mass is 10.0. The van der Waals surface area contributed by atoms with E-state index in [0.717, 1.165) is 71.8 Å². The number of likely N-dealkylation sites (N-methyl/N-ethyl adjacent to an activating group) is 1. The molecule has 43 heavy (non-hydrogen) atoms. The fourth-order valence-electron chi connectivity index (χ4n) is 5.67. The van der Waals surface area contributed by atoms with Gasteiger partial charge in [0.25, 0.3) is 0 Å². The van der Waals surface area contributed by atoms with E-state index in [1.54, 1.807) is 36.2 Å². The summed E-state index contributed by atoms with van der Waals surface area (Å²) in [5.41, 5.74) is 4.20. The van der Waals surface area contributed by atoms with Crippen LogP contribution in [0.25, 0.3) is 22.2 Å². The van der Waals surface area contributed by atoms with Crippen LogP contribution in [0.4, 0.5) is 4.39 Å². The largest absolute Gasteiger partial charge is 0.508 e. The van der Waals surface area contributed by atoms with E-state index in [9.17, 15) is 19.1 Å². The Morgan fingerprint density at radius 2 is 1.65 bits per heavy atom. The van der Waals surface area contributed by atoms with Gasteiger partial charge in [0.2, 0.25) is 11.8 Å². The summed E-state index contributed by atoms with van der Waals surface area (Å²) in [6.07, 6.45) is 6.53. The van der Waals surface area contributed by atoms with Crippen molar-refractivity contribution in [2.75, 3.05) is 13.6 Å². The number of phenolic OH excluding ortho intramolecular Hbond substituents is 1. The number of carbonyl (C=O) groups excluding carboxylic acids is 2. The van der Waals surface area contributed by atoms with Crippen LogP contribution in [0.3, 0.4) is 0 Å². The van der Waals surface area contributed by atoms with E-state index >= 15 is 0 Å². The molecule has 0 bridgehead atoms. The van der Waals surface area contributed by atoms with Gasteiger partial charge in [0, 0.05) is 31.0 Å². The first-order chi connectivity index (χ1) is 20.8. The van der Waals surface area contributed by atoms with E-state index in [2.05, 4.69) is 23.7 Å². The minimum absolute atomic E-state index is 0.00582. The number of carbonyl (C=O) groups is 2. The van der Waals surface area contributed by atoms with E-state index in [0.29, 0.717) is 19.5 Å². The standard InChI is InChI=1S/C36H44FN3O3/c1-4-6-8-12-15-32(36(43)39(3)22-7-5-2)38-34(42)24-31-30-23-29(41)20-21-33(30)40(25-26-13-10-9-11-14-26)35(31)27-16-18-28(37)19-17-27/h9-11,13-14,16-21,23,32,41H,4-8,12,15,22,24-25H2,1-3H3,(H,38,42). The lowest BCUT2D eigenvalue weighted by Gasteiger charge is -2.25. The van der Waals surface area contributed by atoms with Crippen molar-refractivity contribution >= 4 is 22.7 Å². The Hall–Kier alpha value is -4.13. The van der Waals surface area contributed by atoms with Crippen LogP contribution in [-0.4, -0.2) is 46.0 Å². The van der Waals surface area contributed by atoms with Gasteiger partial charge in [-0.1, -0.05) is 76.3 Å². The zero-order valence-corrected chi connectivity index (χ0v) is 25.6. The van der Waals surface area contributed by atoms with Crippen LogP contribution >= 0.6 is 0 Å². The van der Waals surface area contributed by atoms with E-state index in [1.165, 1.54) is 12.1 Å². The molecule has 1 heterocycles. The monoisotopic (exact) mass is 585 g/mol. The van der Waals surface area contributed by atoms with Crippen LogP contribution in [-0.2, 0) is 22.6 Å². The molecule has 4 rings (SSSR count). The number of unbranched alkanes of at least 4 members (excludes halogenated alkanes) is 4. The molecule has 6 nitrogen and oxygen atoms in total. The summed E-state index contributed by atoms with van der Waals surface area (Å²) in [5.74, 6) is -0.578. The number of hydrogen-bond acceptors (Lipinski definition) is 3. The number of halogens is 1. The number of rotatable bonds is 15. The predicted octanol–water partition coefficient (Wildman–Crippen LogP) is 7.46. The lowest BCUT2D eigenvalue weighted by molar-refractivity contribution is -0.135. The van der Waals surface area contributed by atoms with Gasteiger partial charge in [0.05, 0.1) is 12.1 Å². The molecule has 0 spiro atoms. The van der Waals surface area contributed by atoms with Crippen molar-refractivity contribution in [1.29, 1.82) is 0 Å². The first-order valence-corrected chi connectivity index (χ1v) is 15.5. The van der Waals surface area contributed by atoms with Gasteiger partial charge < -0.3 is 19.9 Å². The predicted molar refractivity (Wildman–Crippen MR) is 171 cm³/mol. The molecule has 0 radical (unpaired) electrons. The fraction of sp³-hybridized carbons (Fsp3) is 0.389. The normalized spacial score (nSPS) is 11.9. The maximum absolute atomic E-state index is 14.0. The molecular weight excluding hydrogens is 541 g/mol. The number of amides is 2. The highest BCUT2D eigenvalue weighted by atomic mass is 19.1. The molecule has 4 aromatic rings. The minimum atomic E-state index is -0.605. The number of phenols is 1. The van der Waals surface area contributed by atoms with Gasteiger partial charge in [0.15, 0.2) is 0 Å². The molecule has 228 valence electrons. The molecule has 1 atom stereocenters. The average Bonchev–Trinajstić information content (AvgIpc) is 3.29. The molecular formula is C36H44FN3O3. The van der Waals surface area contributed by atoms with Crippen molar-refractivity contribution in [2.24, 2.45) is 0 Å². The maximum atomic E-state index is 14.0. The molecule has 0 aliphatic carbocycles. The summed E-state index contributed by atoms with van der Waals surface area (Å²) < 4.78 is 16.1. The van der Waals surface area contributed by atoms with Crippen molar-refractivity contribution in [1.82, 2.24) is 14.8 Å². The Balaban J connectivity index is 1.72. The SMILES string of the molecule is CCCCCCC(NC(=O)Cc1c(-c2ccc(F)cc2)n(Cc2ccccc2)c2ccc(O)cc12)C(=O)N(C)CCCC. The smallest absolute Gasteiger partial charge is 0.244 e. The van der Waals surface area contributed by atoms with Crippen LogP contribution in [0.2, 0.25) is 0 Å². The van der Waals surface area contributed by atoms with Crippen LogP contribution in [0.15, 0.2) is 72.8 Å². The molecule has 0 saturated heterocycles. The molecule has 2 N–H and O–H groups in total. The summed E-state index contributed by atoms with van der Waals surface area (Å²) in [4.78, 5) is 28.9. The Labute approximate surface area is 254 Å². The first kappa shape index (κ1) is 31.8. The topological polar surface area (TPSA) is 74.6 Å². The number of hydrogen-bond donors (Lipinski definition) is 2. The number of benzene rings is 3. The van der Waals surface area contributed by atoms with Crippen LogP contribution < -0.4 is 5.32 Å². The highest BCUT2D eigenvalue weighted by Crippen LogP contribution is 2.37. The third-order valence-electron chi connectivity index (χ3n) is 7.99. The van der Waals surface area contributed by atoms with Gasteiger partial charge in [0.1, 0.15) is 17.6 Å². The summed E-state index contributed by atoms with van der Waals surface area (Å²) in [5, 5.41) is 14.3. The van der Waals surface area contributed by atoms with Crippen molar-refractivity contribution in [3.63, 3.8) is 0 Å². The molecule has 1 aromatic heterocycles.